The second kappa shape index (κ2) is 15.2. The molecule has 0 unspecified atom stereocenters. The van der Waals surface area contributed by atoms with Gasteiger partial charge in [-0.05, 0) is 41.8 Å². The van der Waals surface area contributed by atoms with E-state index in [2.05, 4.69) is 11.0 Å². The molecule has 0 aliphatic carbocycles. The Hall–Kier alpha value is -3.09. The molecule has 2 aliphatic heterocycles. The molecule has 0 saturated carbocycles. The van der Waals surface area contributed by atoms with Crippen LogP contribution in [0.5, 0.6) is 11.5 Å². The van der Waals surface area contributed by atoms with Gasteiger partial charge in [0.1, 0.15) is 24.2 Å². The second-order valence-electron chi connectivity index (χ2n) is 10.3. The fourth-order valence-corrected chi connectivity index (χ4v) is 5.42. The first-order chi connectivity index (χ1) is 19.9. The summed E-state index contributed by atoms with van der Waals surface area (Å²) in [5, 5.41) is 20.1. The fraction of sp³-hybridized carbons (Fsp3) is 0.567. The Bertz CT molecular complexity index is 1100. The van der Waals surface area contributed by atoms with Crippen LogP contribution in [-0.2, 0) is 25.6 Å². The second-order valence-corrected chi connectivity index (χ2v) is 10.3. The van der Waals surface area contributed by atoms with E-state index >= 15 is 0 Å². The summed E-state index contributed by atoms with van der Waals surface area (Å²) in [6, 6.07) is 13.7. The van der Waals surface area contributed by atoms with Crippen molar-refractivity contribution in [3.8, 4) is 11.5 Å². The Morgan fingerprint density at radius 2 is 1.78 bits per heavy atom. The first-order valence-corrected chi connectivity index (χ1v) is 13.9. The minimum atomic E-state index is -1.05. The largest absolute Gasteiger partial charge is 0.497 e. The molecule has 11 nitrogen and oxygen atoms in total. The third-order valence-electron chi connectivity index (χ3n) is 7.46. The maximum atomic E-state index is 12.1. The highest BCUT2D eigenvalue weighted by molar-refractivity contribution is 5.65. The van der Waals surface area contributed by atoms with Gasteiger partial charge in [0.2, 0.25) is 0 Å². The number of nitrogens with zero attached hydrogens (tertiary/aromatic N) is 2. The number of aliphatic hydroxyl groups excluding tert-OH is 1. The van der Waals surface area contributed by atoms with E-state index in [1.807, 2.05) is 36.4 Å². The van der Waals surface area contributed by atoms with Gasteiger partial charge in [-0.1, -0.05) is 18.2 Å². The van der Waals surface area contributed by atoms with E-state index in [0.29, 0.717) is 19.0 Å². The molecule has 4 atom stereocenters. The average Bonchev–Trinajstić information content (AvgIpc) is 2.99. The molecule has 1 saturated heterocycles. The van der Waals surface area contributed by atoms with E-state index in [4.69, 9.17) is 28.4 Å². The molecule has 4 rings (SSSR count). The smallest absolute Gasteiger partial charge is 0.407 e. The summed E-state index contributed by atoms with van der Waals surface area (Å²) in [6.07, 6.45) is -2.01. The molecule has 2 N–H and O–H groups in total. The molecule has 1 fully saturated rings. The SMILES string of the molecule is COCCCN1CCOc2ccc(CO[C@H]3CN(C(=O)O)C[C@@H](OC[C@H](O)COC)[C@@H]3c3ccc(OC)cc3)cc21. The van der Waals surface area contributed by atoms with Crippen LogP contribution in [0.1, 0.15) is 23.5 Å². The lowest BCUT2D eigenvalue weighted by Gasteiger charge is -2.43. The van der Waals surface area contributed by atoms with Crippen molar-refractivity contribution in [3.63, 3.8) is 0 Å². The van der Waals surface area contributed by atoms with Crippen molar-refractivity contribution in [2.24, 2.45) is 0 Å². The van der Waals surface area contributed by atoms with Gasteiger partial charge < -0.3 is 48.4 Å². The van der Waals surface area contributed by atoms with E-state index in [1.165, 1.54) is 12.0 Å². The Morgan fingerprint density at radius 3 is 2.46 bits per heavy atom. The van der Waals surface area contributed by atoms with Crippen LogP contribution in [-0.4, -0.2) is 113 Å². The topological polar surface area (TPSA) is 119 Å². The predicted octanol–water partition coefficient (Wildman–Crippen LogP) is 2.99. The Morgan fingerprint density at radius 1 is 1.02 bits per heavy atom. The third kappa shape index (κ3) is 8.23. The van der Waals surface area contributed by atoms with Crippen LogP contribution in [0.15, 0.2) is 42.5 Å². The molecular weight excluding hydrogens is 532 g/mol. The van der Waals surface area contributed by atoms with Gasteiger partial charge in [-0.2, -0.15) is 0 Å². The van der Waals surface area contributed by atoms with Crippen molar-refractivity contribution < 1.29 is 43.4 Å². The number of amides is 1. The summed E-state index contributed by atoms with van der Waals surface area (Å²) < 4.78 is 34.1. The van der Waals surface area contributed by atoms with E-state index in [9.17, 15) is 15.0 Å². The van der Waals surface area contributed by atoms with Crippen molar-refractivity contribution in [2.45, 2.75) is 37.3 Å². The number of rotatable bonds is 14. The molecule has 2 aromatic carbocycles. The number of hydrogen-bond donors (Lipinski definition) is 2. The number of hydrogen-bond acceptors (Lipinski definition) is 9. The fourth-order valence-electron chi connectivity index (χ4n) is 5.42. The highest BCUT2D eigenvalue weighted by Gasteiger charge is 2.41. The molecule has 0 radical (unpaired) electrons. The molecule has 1 amide bonds. The van der Waals surface area contributed by atoms with Crippen molar-refractivity contribution in [2.75, 3.05) is 78.8 Å². The number of likely N-dealkylation sites (tertiary alicyclic amines) is 1. The zero-order chi connectivity index (χ0) is 29.2. The highest BCUT2D eigenvalue weighted by Crippen LogP contribution is 2.36. The van der Waals surface area contributed by atoms with E-state index in [-0.39, 0.29) is 38.8 Å². The molecule has 226 valence electrons. The van der Waals surface area contributed by atoms with Gasteiger partial charge in [0.25, 0.3) is 0 Å². The summed E-state index contributed by atoms with van der Waals surface area (Å²) in [5.41, 5.74) is 2.92. The monoisotopic (exact) mass is 574 g/mol. The lowest BCUT2D eigenvalue weighted by atomic mass is 9.84. The number of piperidine rings is 1. The Kier molecular flexibility index (Phi) is 11.5. The summed E-state index contributed by atoms with van der Waals surface area (Å²) in [4.78, 5) is 15.7. The van der Waals surface area contributed by atoms with E-state index < -0.39 is 24.4 Å². The number of carboxylic acid groups (broad SMARTS) is 1. The van der Waals surface area contributed by atoms with Crippen molar-refractivity contribution in [1.29, 1.82) is 0 Å². The third-order valence-corrected chi connectivity index (χ3v) is 7.46. The van der Waals surface area contributed by atoms with E-state index in [0.717, 1.165) is 42.1 Å². The molecule has 41 heavy (non-hydrogen) atoms. The van der Waals surface area contributed by atoms with Crippen LogP contribution in [0, 0.1) is 0 Å². The summed E-state index contributed by atoms with van der Waals surface area (Å²) >= 11 is 0. The van der Waals surface area contributed by atoms with Crippen LogP contribution in [0.3, 0.4) is 0 Å². The van der Waals surface area contributed by atoms with Gasteiger partial charge in [0.15, 0.2) is 0 Å². The Labute approximate surface area is 241 Å². The van der Waals surface area contributed by atoms with Gasteiger partial charge in [-0.15, -0.1) is 0 Å². The van der Waals surface area contributed by atoms with Gasteiger partial charge >= 0.3 is 6.09 Å². The summed E-state index contributed by atoms with van der Waals surface area (Å²) in [6.45, 7) is 3.72. The van der Waals surface area contributed by atoms with Crippen LogP contribution in [0.2, 0.25) is 0 Å². The number of carbonyl (C=O) groups is 1. The van der Waals surface area contributed by atoms with E-state index in [1.54, 1.807) is 14.2 Å². The van der Waals surface area contributed by atoms with Crippen LogP contribution < -0.4 is 14.4 Å². The number of benzene rings is 2. The Balaban J connectivity index is 1.56. The molecule has 2 heterocycles. The van der Waals surface area contributed by atoms with Gasteiger partial charge in [0.05, 0.1) is 64.5 Å². The van der Waals surface area contributed by atoms with Crippen LogP contribution in [0.25, 0.3) is 0 Å². The lowest BCUT2D eigenvalue weighted by Crippen LogP contribution is -2.54. The number of aliphatic hydroxyl groups is 1. The first kappa shape index (κ1) is 30.9. The van der Waals surface area contributed by atoms with Crippen molar-refractivity contribution in [3.05, 3.63) is 53.6 Å². The first-order valence-electron chi connectivity index (χ1n) is 13.9. The molecule has 0 spiro atoms. The number of anilines is 1. The minimum Gasteiger partial charge on any atom is -0.497 e. The van der Waals surface area contributed by atoms with Gasteiger partial charge in [-0.3, -0.25) is 0 Å². The van der Waals surface area contributed by atoms with Crippen molar-refractivity contribution in [1.82, 2.24) is 4.90 Å². The maximum Gasteiger partial charge on any atom is 0.407 e. The number of fused-ring (bicyclic) bond motifs is 1. The summed E-state index contributed by atoms with van der Waals surface area (Å²) in [7, 11) is 4.82. The quantitative estimate of drug-likeness (QED) is 0.326. The molecule has 2 aliphatic rings. The molecule has 0 aromatic heterocycles. The van der Waals surface area contributed by atoms with Crippen molar-refractivity contribution >= 4 is 11.8 Å². The summed E-state index contributed by atoms with van der Waals surface area (Å²) in [5.74, 6) is 1.28. The van der Waals surface area contributed by atoms with Gasteiger partial charge in [-0.25, -0.2) is 4.79 Å². The number of ether oxygens (including phenoxy) is 6. The normalized spacial score (nSPS) is 21.2. The zero-order valence-corrected chi connectivity index (χ0v) is 24.1. The zero-order valence-electron chi connectivity index (χ0n) is 24.1. The lowest BCUT2D eigenvalue weighted by molar-refractivity contribution is -0.107. The average molecular weight is 575 g/mol. The van der Waals surface area contributed by atoms with Crippen LogP contribution in [0.4, 0.5) is 10.5 Å². The standard InChI is InChI=1S/C30H42N2O9/c1-36-13-4-11-31-12-14-39-26-10-5-21(15-25(26)31)18-40-27-16-32(30(34)35)17-28(41-20-23(33)19-37-2)29(27)22-6-8-24(38-3)9-7-22/h5-10,15,23,27-29,33H,4,11-14,16-20H2,1-3H3,(H,34,35)/t23-,27+,28-,29-/m1/s1. The van der Waals surface area contributed by atoms with Gasteiger partial charge in [0, 0.05) is 33.3 Å². The molecule has 0 bridgehead atoms. The maximum absolute atomic E-state index is 12.1. The molecular formula is C30H42N2O9. The number of methoxy groups -OCH3 is 3. The molecule has 2 aromatic rings. The molecule has 11 heteroatoms. The highest BCUT2D eigenvalue weighted by atomic mass is 16.5. The minimum absolute atomic E-state index is 0.00900. The van der Waals surface area contributed by atoms with Crippen LogP contribution >= 0.6 is 0 Å². The predicted molar refractivity (Wildman–Crippen MR) is 152 cm³/mol.